The third-order valence-corrected chi connectivity index (χ3v) is 5.26. The summed E-state index contributed by atoms with van der Waals surface area (Å²) in [6.45, 7) is 0. The molecule has 0 radical (unpaired) electrons. The quantitative estimate of drug-likeness (QED) is 0.898. The largest absolute Gasteiger partial charge is 0.495 e. The standard InChI is InChI=1S/C12H11N3O3S2/c1-18-11-4-8(6-13)2-3-10(11)15-20(16,17)12-5-9(14)7-19-12/h2-5,7,15H,14H2,1H3. The van der Waals surface area contributed by atoms with Gasteiger partial charge in [-0.15, -0.1) is 11.3 Å². The molecule has 8 heteroatoms. The SMILES string of the molecule is COc1cc(C#N)ccc1NS(=O)(=O)c1cc(N)cs1. The van der Waals surface area contributed by atoms with E-state index < -0.39 is 10.0 Å². The maximum absolute atomic E-state index is 12.2. The molecule has 0 unspecified atom stereocenters. The van der Waals surface area contributed by atoms with E-state index in [0.29, 0.717) is 11.3 Å². The smallest absolute Gasteiger partial charge is 0.271 e. The van der Waals surface area contributed by atoms with Crippen LogP contribution in [0.1, 0.15) is 5.56 Å². The van der Waals surface area contributed by atoms with Crippen LogP contribution in [0.15, 0.2) is 33.9 Å². The highest BCUT2D eigenvalue weighted by Gasteiger charge is 2.18. The number of hydrogen-bond donors (Lipinski definition) is 2. The molecule has 0 atom stereocenters. The van der Waals surface area contributed by atoms with Gasteiger partial charge >= 0.3 is 0 Å². The van der Waals surface area contributed by atoms with Gasteiger partial charge in [-0.25, -0.2) is 8.42 Å². The number of nitrogen functional groups attached to an aromatic ring is 1. The molecule has 6 nitrogen and oxygen atoms in total. The lowest BCUT2D eigenvalue weighted by Gasteiger charge is -2.10. The molecule has 0 fully saturated rings. The zero-order valence-corrected chi connectivity index (χ0v) is 12.1. The molecular weight excluding hydrogens is 298 g/mol. The monoisotopic (exact) mass is 309 g/mol. The van der Waals surface area contributed by atoms with Crippen molar-refractivity contribution in [3.05, 3.63) is 35.2 Å². The molecule has 0 spiro atoms. The summed E-state index contributed by atoms with van der Waals surface area (Å²) in [4.78, 5) is 0. The summed E-state index contributed by atoms with van der Waals surface area (Å²) in [5.41, 5.74) is 6.55. The zero-order valence-electron chi connectivity index (χ0n) is 10.5. The molecule has 0 amide bonds. The summed E-state index contributed by atoms with van der Waals surface area (Å²) in [7, 11) is -2.32. The second kappa shape index (κ2) is 5.40. The molecule has 0 aliphatic rings. The van der Waals surface area contributed by atoms with Gasteiger partial charge in [0.1, 0.15) is 9.96 Å². The van der Waals surface area contributed by atoms with Crippen molar-refractivity contribution < 1.29 is 13.2 Å². The lowest BCUT2D eigenvalue weighted by atomic mass is 10.2. The van der Waals surface area contributed by atoms with Crippen molar-refractivity contribution in [3.63, 3.8) is 0 Å². The van der Waals surface area contributed by atoms with Gasteiger partial charge in [0, 0.05) is 17.1 Å². The number of ether oxygens (including phenoxy) is 1. The second-order valence-corrected chi connectivity index (χ2v) is 6.65. The van der Waals surface area contributed by atoms with Crippen LogP contribution in [0.2, 0.25) is 0 Å². The van der Waals surface area contributed by atoms with Crippen molar-refractivity contribution in [2.24, 2.45) is 0 Å². The van der Waals surface area contributed by atoms with E-state index in [-0.39, 0.29) is 15.6 Å². The maximum atomic E-state index is 12.2. The topological polar surface area (TPSA) is 105 Å². The Bertz CT molecular complexity index is 775. The van der Waals surface area contributed by atoms with Gasteiger partial charge in [-0.2, -0.15) is 5.26 Å². The highest BCUT2D eigenvalue weighted by atomic mass is 32.2. The Hall–Kier alpha value is -2.24. The molecule has 0 saturated carbocycles. The van der Waals surface area contributed by atoms with E-state index in [1.165, 1.54) is 31.4 Å². The first-order valence-corrected chi connectivity index (χ1v) is 7.77. The van der Waals surface area contributed by atoms with Crippen LogP contribution in [0.25, 0.3) is 0 Å². The number of nitrogens with one attached hydrogen (secondary N) is 1. The minimum absolute atomic E-state index is 0.112. The molecule has 0 saturated heterocycles. The van der Waals surface area contributed by atoms with Gasteiger partial charge in [0.15, 0.2) is 0 Å². The number of thiophene rings is 1. The van der Waals surface area contributed by atoms with Crippen LogP contribution < -0.4 is 15.2 Å². The Morgan fingerprint density at radius 2 is 2.15 bits per heavy atom. The molecule has 0 aliphatic carbocycles. The van der Waals surface area contributed by atoms with E-state index in [2.05, 4.69) is 4.72 Å². The van der Waals surface area contributed by atoms with Gasteiger partial charge in [-0.05, 0) is 18.2 Å². The van der Waals surface area contributed by atoms with Gasteiger partial charge < -0.3 is 10.5 Å². The van der Waals surface area contributed by atoms with E-state index >= 15 is 0 Å². The van der Waals surface area contributed by atoms with Crippen LogP contribution in [0.4, 0.5) is 11.4 Å². The van der Waals surface area contributed by atoms with Crippen LogP contribution in [0.5, 0.6) is 5.75 Å². The second-order valence-electron chi connectivity index (χ2n) is 3.83. The summed E-state index contributed by atoms with van der Waals surface area (Å²) in [5, 5.41) is 10.4. The normalized spacial score (nSPS) is 10.8. The van der Waals surface area contributed by atoms with Crippen LogP contribution >= 0.6 is 11.3 Å². The van der Waals surface area contributed by atoms with Gasteiger partial charge in [0.05, 0.1) is 24.4 Å². The van der Waals surface area contributed by atoms with Crippen molar-refractivity contribution in [1.29, 1.82) is 5.26 Å². The number of benzene rings is 1. The minimum atomic E-state index is -3.72. The Morgan fingerprint density at radius 1 is 1.40 bits per heavy atom. The third kappa shape index (κ3) is 2.84. The molecule has 2 aromatic rings. The molecular formula is C12H11N3O3S2. The van der Waals surface area contributed by atoms with Crippen molar-refractivity contribution in [2.45, 2.75) is 4.21 Å². The molecule has 1 heterocycles. The number of nitrogens with two attached hydrogens (primary N) is 1. The van der Waals surface area contributed by atoms with E-state index in [0.717, 1.165) is 11.3 Å². The number of hydrogen-bond acceptors (Lipinski definition) is 6. The maximum Gasteiger partial charge on any atom is 0.271 e. The number of nitrogens with zero attached hydrogens (tertiary/aromatic N) is 1. The van der Waals surface area contributed by atoms with Gasteiger partial charge in [0.25, 0.3) is 10.0 Å². The predicted octanol–water partition coefficient (Wildman–Crippen LogP) is 2.01. The molecule has 1 aromatic heterocycles. The number of sulfonamides is 1. The predicted molar refractivity (Wildman–Crippen MR) is 77.2 cm³/mol. The fraction of sp³-hybridized carbons (Fsp3) is 0.0833. The summed E-state index contributed by atoms with van der Waals surface area (Å²) in [6, 6.07) is 7.77. The molecule has 2 rings (SSSR count). The fourth-order valence-corrected chi connectivity index (χ4v) is 3.66. The van der Waals surface area contributed by atoms with E-state index in [1.807, 2.05) is 6.07 Å². The Labute approximate surface area is 120 Å². The van der Waals surface area contributed by atoms with E-state index in [4.69, 9.17) is 15.7 Å². The summed E-state index contributed by atoms with van der Waals surface area (Å²) in [5.74, 6) is 0.275. The van der Waals surface area contributed by atoms with Gasteiger partial charge in [0.2, 0.25) is 0 Å². The molecule has 3 N–H and O–H groups in total. The van der Waals surface area contributed by atoms with Crippen molar-refractivity contribution >= 4 is 32.7 Å². The lowest BCUT2D eigenvalue weighted by molar-refractivity contribution is 0.416. The van der Waals surface area contributed by atoms with Crippen molar-refractivity contribution in [1.82, 2.24) is 0 Å². The first-order chi connectivity index (χ1) is 9.46. The molecule has 0 aliphatic heterocycles. The Balaban J connectivity index is 2.37. The zero-order chi connectivity index (χ0) is 14.8. The molecule has 20 heavy (non-hydrogen) atoms. The number of rotatable bonds is 4. The Kier molecular flexibility index (Phi) is 3.83. The van der Waals surface area contributed by atoms with Crippen molar-refractivity contribution in [3.8, 4) is 11.8 Å². The highest BCUT2D eigenvalue weighted by molar-refractivity contribution is 7.94. The van der Waals surface area contributed by atoms with Crippen LogP contribution in [0, 0.1) is 11.3 Å². The van der Waals surface area contributed by atoms with Crippen LogP contribution in [0.3, 0.4) is 0 Å². The number of anilines is 2. The minimum Gasteiger partial charge on any atom is -0.495 e. The molecule has 1 aromatic carbocycles. The lowest BCUT2D eigenvalue weighted by Crippen LogP contribution is -2.12. The highest BCUT2D eigenvalue weighted by Crippen LogP contribution is 2.29. The van der Waals surface area contributed by atoms with E-state index in [1.54, 1.807) is 5.38 Å². The van der Waals surface area contributed by atoms with Crippen LogP contribution in [-0.4, -0.2) is 15.5 Å². The van der Waals surface area contributed by atoms with E-state index in [9.17, 15) is 8.42 Å². The van der Waals surface area contributed by atoms with Gasteiger partial charge in [-0.1, -0.05) is 0 Å². The number of methoxy groups -OCH3 is 1. The first-order valence-electron chi connectivity index (χ1n) is 5.41. The van der Waals surface area contributed by atoms with Crippen molar-refractivity contribution in [2.75, 3.05) is 17.6 Å². The average Bonchev–Trinajstić information content (AvgIpc) is 2.86. The number of nitriles is 1. The fourth-order valence-electron chi connectivity index (χ4n) is 1.51. The summed E-state index contributed by atoms with van der Waals surface area (Å²) < 4.78 is 31.9. The Morgan fingerprint density at radius 3 is 2.70 bits per heavy atom. The molecule has 104 valence electrons. The summed E-state index contributed by atoms with van der Waals surface area (Å²) in [6.07, 6.45) is 0. The third-order valence-electron chi connectivity index (χ3n) is 2.44. The average molecular weight is 309 g/mol. The van der Waals surface area contributed by atoms with Gasteiger partial charge in [-0.3, -0.25) is 4.72 Å². The molecule has 0 bridgehead atoms. The van der Waals surface area contributed by atoms with Crippen LogP contribution in [-0.2, 0) is 10.0 Å². The summed E-state index contributed by atoms with van der Waals surface area (Å²) >= 11 is 1.03. The first kappa shape index (κ1) is 14.2.